The molecule has 2 aromatic rings. The maximum absolute atomic E-state index is 12.3. The van der Waals surface area contributed by atoms with Gasteiger partial charge in [0.05, 0.1) is 26.2 Å². The number of piperazine rings is 1. The van der Waals surface area contributed by atoms with E-state index < -0.39 is 0 Å². The predicted molar refractivity (Wildman–Crippen MR) is 113 cm³/mol. The maximum atomic E-state index is 12.3. The van der Waals surface area contributed by atoms with Crippen LogP contribution in [-0.2, 0) is 9.59 Å². The molecule has 28 heavy (non-hydrogen) atoms. The second-order valence-corrected chi connectivity index (χ2v) is 8.50. The van der Waals surface area contributed by atoms with Crippen LogP contribution < -0.4 is 10.2 Å². The van der Waals surface area contributed by atoms with Crippen LogP contribution in [0.25, 0.3) is 0 Å². The molecule has 1 fully saturated rings. The molecule has 0 aliphatic carbocycles. The van der Waals surface area contributed by atoms with Crippen LogP contribution in [0.5, 0.6) is 0 Å². The number of aryl methyl sites for hydroxylation is 2. The second-order valence-electron chi connectivity index (χ2n) is 7.35. The van der Waals surface area contributed by atoms with Gasteiger partial charge in [-0.3, -0.25) is 9.59 Å². The first-order valence-electron chi connectivity index (χ1n) is 9.65. The van der Waals surface area contributed by atoms with Crippen LogP contribution in [0.3, 0.4) is 0 Å². The van der Waals surface area contributed by atoms with Crippen molar-refractivity contribution in [1.82, 2.24) is 4.90 Å². The number of amides is 2. The van der Waals surface area contributed by atoms with E-state index in [0.717, 1.165) is 36.8 Å². The van der Waals surface area contributed by atoms with Crippen molar-refractivity contribution in [2.24, 2.45) is 0 Å². The minimum atomic E-state index is 0.0147. The van der Waals surface area contributed by atoms with Crippen LogP contribution in [0, 0.1) is 13.8 Å². The molecule has 3 rings (SSSR count). The fourth-order valence-electron chi connectivity index (χ4n) is 3.27. The number of hydrogen-bond donors (Lipinski definition) is 2. The summed E-state index contributed by atoms with van der Waals surface area (Å²) in [7, 11) is 0. The molecule has 0 radical (unpaired) electrons. The number of benzene rings is 2. The normalized spacial score (nSPS) is 14.8. The quantitative estimate of drug-likeness (QED) is 0.811. The van der Waals surface area contributed by atoms with Gasteiger partial charge in [-0.15, -0.1) is 0 Å². The van der Waals surface area contributed by atoms with Gasteiger partial charge in [-0.1, -0.05) is 17.8 Å². The van der Waals surface area contributed by atoms with Crippen molar-refractivity contribution in [3.05, 3.63) is 53.6 Å². The molecule has 0 unspecified atom stereocenters. The third-order valence-corrected chi connectivity index (χ3v) is 6.18. The fourth-order valence-corrected chi connectivity index (χ4v) is 4.18. The Morgan fingerprint density at radius 3 is 2.25 bits per heavy atom. The Hall–Kier alpha value is -2.31. The van der Waals surface area contributed by atoms with Gasteiger partial charge in [-0.05, 0) is 61.4 Å². The highest BCUT2D eigenvalue weighted by molar-refractivity contribution is 7.99. The van der Waals surface area contributed by atoms with Crippen LogP contribution in [0.4, 0.5) is 5.69 Å². The zero-order chi connectivity index (χ0) is 20.1. The molecule has 2 aromatic carbocycles. The molecule has 0 bridgehead atoms. The van der Waals surface area contributed by atoms with Crippen molar-refractivity contribution in [1.29, 1.82) is 0 Å². The molecule has 6 heteroatoms. The smallest absolute Gasteiger partial charge is 0.279 e. The number of nitrogens with one attached hydrogen (secondary N) is 2. The molecular formula is C22H28N3O2S+. The van der Waals surface area contributed by atoms with Gasteiger partial charge in [0.2, 0.25) is 5.91 Å². The second kappa shape index (κ2) is 9.26. The maximum Gasteiger partial charge on any atom is 0.279 e. The van der Waals surface area contributed by atoms with Crippen molar-refractivity contribution in [2.75, 3.05) is 38.0 Å². The number of rotatable bonds is 5. The summed E-state index contributed by atoms with van der Waals surface area (Å²) in [5.74, 6) is 0.128. The Morgan fingerprint density at radius 1 is 1.00 bits per heavy atom. The molecule has 1 heterocycles. The van der Waals surface area contributed by atoms with Crippen molar-refractivity contribution >= 4 is 29.3 Å². The first-order chi connectivity index (χ1) is 13.4. The molecule has 148 valence electrons. The molecule has 1 aliphatic rings. The lowest BCUT2D eigenvalue weighted by Gasteiger charge is -2.31. The average Bonchev–Trinajstić information content (AvgIpc) is 2.67. The van der Waals surface area contributed by atoms with E-state index in [1.807, 2.05) is 29.2 Å². The van der Waals surface area contributed by atoms with Crippen LogP contribution >= 0.6 is 11.8 Å². The Morgan fingerprint density at radius 2 is 1.64 bits per heavy atom. The molecule has 2 amide bonds. The summed E-state index contributed by atoms with van der Waals surface area (Å²) in [6.45, 7) is 9.36. The average molecular weight is 399 g/mol. The fraction of sp³-hybridized carbons (Fsp3) is 0.364. The standard InChI is InChI=1S/C22H27N3O2S/c1-16-4-7-21(14-17(16)2)28-20-8-5-19(6-9-20)23-22(27)15-24-10-12-25(13-11-24)18(3)26/h4-9,14H,10-13,15H2,1-3H3,(H,23,27)/p+1. The van der Waals surface area contributed by atoms with E-state index in [1.54, 1.807) is 18.7 Å². The highest BCUT2D eigenvalue weighted by Crippen LogP contribution is 2.29. The van der Waals surface area contributed by atoms with E-state index in [4.69, 9.17) is 0 Å². The van der Waals surface area contributed by atoms with Crippen LogP contribution in [0.1, 0.15) is 18.1 Å². The Labute approximate surface area is 171 Å². The van der Waals surface area contributed by atoms with Crippen molar-refractivity contribution < 1.29 is 14.5 Å². The molecule has 0 aromatic heterocycles. The van der Waals surface area contributed by atoms with E-state index >= 15 is 0 Å². The monoisotopic (exact) mass is 398 g/mol. The van der Waals surface area contributed by atoms with E-state index in [2.05, 4.69) is 37.4 Å². The largest absolute Gasteiger partial charge is 0.332 e. The number of nitrogens with zero attached hydrogens (tertiary/aromatic N) is 1. The number of carbonyl (C=O) groups excluding carboxylic acids is 2. The first-order valence-corrected chi connectivity index (χ1v) is 10.5. The molecule has 5 nitrogen and oxygen atoms in total. The SMILES string of the molecule is CC(=O)N1CC[NH+](CC(=O)Nc2ccc(Sc3ccc(C)c(C)c3)cc2)CC1. The number of carbonyl (C=O) groups is 2. The molecule has 1 aliphatic heterocycles. The van der Waals surface area contributed by atoms with Gasteiger partial charge in [-0.25, -0.2) is 0 Å². The Balaban J connectivity index is 1.49. The summed E-state index contributed by atoms with van der Waals surface area (Å²) < 4.78 is 0. The summed E-state index contributed by atoms with van der Waals surface area (Å²) in [6.07, 6.45) is 0. The van der Waals surface area contributed by atoms with E-state index in [0.29, 0.717) is 6.54 Å². The minimum Gasteiger partial charge on any atom is -0.332 e. The summed E-state index contributed by atoms with van der Waals surface area (Å²) in [6, 6.07) is 14.4. The Bertz CT molecular complexity index is 843. The third kappa shape index (κ3) is 5.59. The summed E-state index contributed by atoms with van der Waals surface area (Å²) in [4.78, 5) is 29.1. The number of quaternary nitrogens is 1. The summed E-state index contributed by atoms with van der Waals surface area (Å²) in [5.41, 5.74) is 3.41. The molecule has 2 N–H and O–H groups in total. The van der Waals surface area contributed by atoms with E-state index in [-0.39, 0.29) is 11.8 Å². The zero-order valence-corrected chi connectivity index (χ0v) is 17.6. The van der Waals surface area contributed by atoms with Gasteiger partial charge >= 0.3 is 0 Å². The lowest BCUT2D eigenvalue weighted by Crippen LogP contribution is -3.15. The van der Waals surface area contributed by atoms with Gasteiger partial charge < -0.3 is 15.1 Å². The summed E-state index contributed by atoms with van der Waals surface area (Å²) >= 11 is 1.72. The molecular weight excluding hydrogens is 370 g/mol. The van der Waals surface area contributed by atoms with Crippen molar-refractivity contribution in [3.63, 3.8) is 0 Å². The van der Waals surface area contributed by atoms with E-state index in [1.165, 1.54) is 20.9 Å². The highest BCUT2D eigenvalue weighted by Gasteiger charge is 2.23. The van der Waals surface area contributed by atoms with Crippen LogP contribution in [-0.4, -0.2) is 49.4 Å². The van der Waals surface area contributed by atoms with Gasteiger partial charge in [0.1, 0.15) is 0 Å². The summed E-state index contributed by atoms with van der Waals surface area (Å²) in [5, 5.41) is 2.98. The van der Waals surface area contributed by atoms with Gasteiger partial charge in [0, 0.05) is 22.4 Å². The highest BCUT2D eigenvalue weighted by atomic mass is 32.2. The molecule has 0 spiro atoms. The lowest BCUT2D eigenvalue weighted by atomic mass is 10.1. The molecule has 0 atom stereocenters. The molecule has 1 saturated heterocycles. The van der Waals surface area contributed by atoms with Gasteiger partial charge in [0.25, 0.3) is 5.91 Å². The molecule has 0 saturated carbocycles. The predicted octanol–water partition coefficient (Wildman–Crippen LogP) is 2.14. The van der Waals surface area contributed by atoms with Gasteiger partial charge in [0.15, 0.2) is 6.54 Å². The zero-order valence-electron chi connectivity index (χ0n) is 16.7. The number of hydrogen-bond acceptors (Lipinski definition) is 3. The van der Waals surface area contributed by atoms with Crippen molar-refractivity contribution in [2.45, 2.75) is 30.6 Å². The number of anilines is 1. The van der Waals surface area contributed by atoms with Gasteiger partial charge in [-0.2, -0.15) is 0 Å². The first kappa shape index (κ1) is 20.4. The van der Waals surface area contributed by atoms with Crippen molar-refractivity contribution in [3.8, 4) is 0 Å². The minimum absolute atomic E-state index is 0.0147. The van der Waals surface area contributed by atoms with Crippen LogP contribution in [0.15, 0.2) is 52.3 Å². The topological polar surface area (TPSA) is 53.9 Å². The van der Waals surface area contributed by atoms with E-state index in [9.17, 15) is 9.59 Å². The lowest BCUT2D eigenvalue weighted by molar-refractivity contribution is -0.895. The third-order valence-electron chi connectivity index (χ3n) is 5.18. The Kier molecular flexibility index (Phi) is 6.75. The van der Waals surface area contributed by atoms with Crippen LogP contribution in [0.2, 0.25) is 0 Å².